The van der Waals surface area contributed by atoms with Gasteiger partial charge in [-0.1, -0.05) is 30.3 Å². The molecular weight excluding hydrogens is 314 g/mol. The van der Waals surface area contributed by atoms with Crippen molar-refractivity contribution in [1.29, 1.82) is 0 Å². The van der Waals surface area contributed by atoms with Gasteiger partial charge in [-0.2, -0.15) is 0 Å². The Bertz CT molecular complexity index is 866. The molecule has 1 heterocycles. The topological polar surface area (TPSA) is 69.8 Å². The van der Waals surface area contributed by atoms with Crippen LogP contribution in [-0.4, -0.2) is 17.6 Å². The fraction of sp³-hybridized carbons (Fsp3) is 0.250. The molecule has 3 rings (SSSR count). The molecule has 3 aromatic rings. The van der Waals surface area contributed by atoms with Gasteiger partial charge in [0.05, 0.1) is 13.1 Å². The molecule has 0 aliphatic rings. The van der Waals surface area contributed by atoms with Crippen LogP contribution in [0.5, 0.6) is 5.75 Å². The van der Waals surface area contributed by atoms with Crippen LogP contribution in [0.2, 0.25) is 0 Å². The molecular formula is C20H23N3O2. The van der Waals surface area contributed by atoms with Crippen molar-refractivity contribution in [3.63, 3.8) is 0 Å². The summed E-state index contributed by atoms with van der Waals surface area (Å²) < 4.78 is 5.93. The molecule has 0 unspecified atom stereocenters. The highest BCUT2D eigenvalue weighted by molar-refractivity contribution is 5.83. The normalized spacial score (nSPS) is 11.7. The molecule has 0 spiro atoms. The zero-order valence-corrected chi connectivity index (χ0v) is 14.5. The molecule has 0 bridgehead atoms. The molecule has 130 valence electrons. The van der Waals surface area contributed by atoms with E-state index in [9.17, 15) is 5.11 Å². The maximum Gasteiger partial charge on any atom is 0.191 e. The van der Waals surface area contributed by atoms with Crippen LogP contribution in [0.1, 0.15) is 23.8 Å². The third-order valence-corrected chi connectivity index (χ3v) is 4.06. The first-order chi connectivity index (χ1) is 12.2. The molecule has 5 nitrogen and oxygen atoms in total. The first-order valence-corrected chi connectivity index (χ1v) is 8.44. The predicted molar refractivity (Wildman–Crippen MR) is 101 cm³/mol. The number of fused-ring (bicyclic) bond motifs is 1. The Kier molecular flexibility index (Phi) is 5.23. The number of nitrogens with zero attached hydrogens (tertiary/aromatic N) is 1. The van der Waals surface area contributed by atoms with Crippen molar-refractivity contribution in [1.82, 2.24) is 10.6 Å². The van der Waals surface area contributed by atoms with Crippen molar-refractivity contribution in [3.05, 3.63) is 65.4 Å². The quantitative estimate of drug-likeness (QED) is 0.490. The lowest BCUT2D eigenvalue weighted by molar-refractivity contribution is 0.475. The largest absolute Gasteiger partial charge is 0.508 e. The summed E-state index contributed by atoms with van der Waals surface area (Å²) in [7, 11) is 0. The van der Waals surface area contributed by atoms with E-state index in [2.05, 4.69) is 28.6 Å². The molecule has 3 N–H and O–H groups in total. The number of rotatable bonds is 5. The Labute approximate surface area is 147 Å². The second-order valence-electron chi connectivity index (χ2n) is 5.86. The molecule has 0 amide bonds. The van der Waals surface area contributed by atoms with Gasteiger partial charge in [-0.05, 0) is 37.6 Å². The highest BCUT2D eigenvalue weighted by Crippen LogP contribution is 2.24. The number of para-hydroxylation sites is 1. The van der Waals surface area contributed by atoms with Crippen LogP contribution in [0.15, 0.2) is 57.9 Å². The number of nitrogens with one attached hydrogen (secondary N) is 2. The number of hydrogen-bond donors (Lipinski definition) is 3. The molecule has 0 saturated heterocycles. The van der Waals surface area contributed by atoms with Crippen LogP contribution < -0.4 is 10.6 Å². The summed E-state index contributed by atoms with van der Waals surface area (Å²) in [6, 6.07) is 15.1. The monoisotopic (exact) mass is 337 g/mol. The third kappa shape index (κ3) is 4.12. The minimum absolute atomic E-state index is 0.262. The summed E-state index contributed by atoms with van der Waals surface area (Å²) in [4.78, 5) is 4.58. The molecule has 0 radical (unpaired) electrons. The number of aliphatic imine (C=N–C) groups is 1. The summed E-state index contributed by atoms with van der Waals surface area (Å²) in [5.41, 5.74) is 3.09. The van der Waals surface area contributed by atoms with Crippen LogP contribution in [-0.2, 0) is 13.1 Å². The lowest BCUT2D eigenvalue weighted by Gasteiger charge is -2.10. The van der Waals surface area contributed by atoms with E-state index >= 15 is 0 Å². The van der Waals surface area contributed by atoms with E-state index in [4.69, 9.17) is 4.42 Å². The van der Waals surface area contributed by atoms with Gasteiger partial charge in [0.25, 0.3) is 0 Å². The van der Waals surface area contributed by atoms with Crippen molar-refractivity contribution < 1.29 is 9.52 Å². The smallest absolute Gasteiger partial charge is 0.191 e. The number of aromatic hydroxyl groups is 1. The summed E-state index contributed by atoms with van der Waals surface area (Å²) >= 11 is 0. The van der Waals surface area contributed by atoms with Gasteiger partial charge >= 0.3 is 0 Å². The number of phenolic OH excluding ortho intramolecular Hbond substituents is 1. The highest BCUT2D eigenvalue weighted by Gasteiger charge is 2.10. The van der Waals surface area contributed by atoms with Crippen LogP contribution in [0.3, 0.4) is 0 Å². The minimum Gasteiger partial charge on any atom is -0.508 e. The summed E-state index contributed by atoms with van der Waals surface area (Å²) in [6.45, 7) is 5.99. The van der Waals surface area contributed by atoms with Gasteiger partial charge in [0.2, 0.25) is 0 Å². The molecule has 5 heteroatoms. The number of guanidine groups is 1. The van der Waals surface area contributed by atoms with Gasteiger partial charge in [0, 0.05) is 17.5 Å². The average molecular weight is 337 g/mol. The van der Waals surface area contributed by atoms with Crippen molar-refractivity contribution in [2.24, 2.45) is 4.99 Å². The fourth-order valence-corrected chi connectivity index (χ4v) is 2.67. The maximum atomic E-state index is 9.34. The number of phenols is 1. The first-order valence-electron chi connectivity index (χ1n) is 8.44. The highest BCUT2D eigenvalue weighted by atomic mass is 16.3. The maximum absolute atomic E-state index is 9.34. The summed E-state index contributed by atoms with van der Waals surface area (Å²) in [6.07, 6.45) is 0. The van der Waals surface area contributed by atoms with E-state index in [0.717, 1.165) is 40.4 Å². The van der Waals surface area contributed by atoms with E-state index < -0.39 is 0 Å². The second kappa shape index (κ2) is 7.75. The van der Waals surface area contributed by atoms with E-state index in [0.29, 0.717) is 13.1 Å². The lowest BCUT2D eigenvalue weighted by atomic mass is 10.1. The number of furan rings is 1. The fourth-order valence-electron chi connectivity index (χ4n) is 2.67. The van der Waals surface area contributed by atoms with Crippen molar-refractivity contribution in [2.75, 3.05) is 6.54 Å². The Morgan fingerprint density at radius 3 is 2.56 bits per heavy atom. The SMILES string of the molecule is CCNC(=NCc1ccc(O)cc1)NCc1oc2ccccc2c1C. The van der Waals surface area contributed by atoms with Crippen molar-refractivity contribution >= 4 is 16.9 Å². The lowest BCUT2D eigenvalue weighted by Crippen LogP contribution is -2.36. The number of hydrogen-bond acceptors (Lipinski definition) is 3. The van der Waals surface area contributed by atoms with Gasteiger partial charge in [0.15, 0.2) is 5.96 Å². The Hall–Kier alpha value is -2.95. The molecule has 2 aromatic carbocycles. The average Bonchev–Trinajstić information content (AvgIpc) is 2.95. The minimum atomic E-state index is 0.262. The predicted octanol–water partition coefficient (Wildman–Crippen LogP) is 3.70. The zero-order chi connectivity index (χ0) is 17.6. The standard InChI is InChI=1S/C20H23N3O2/c1-3-21-20(22-12-15-8-10-16(24)11-9-15)23-13-19-14(2)17-6-4-5-7-18(17)25-19/h4-11,24H,3,12-13H2,1-2H3,(H2,21,22,23). The van der Waals surface area contributed by atoms with E-state index in [1.54, 1.807) is 12.1 Å². The van der Waals surface area contributed by atoms with Gasteiger partial charge in [-0.15, -0.1) is 0 Å². The van der Waals surface area contributed by atoms with Crippen molar-refractivity contribution in [2.45, 2.75) is 26.9 Å². The molecule has 1 aromatic heterocycles. The molecule has 0 atom stereocenters. The van der Waals surface area contributed by atoms with Gasteiger partial charge in [-0.25, -0.2) is 4.99 Å². The second-order valence-corrected chi connectivity index (χ2v) is 5.86. The Balaban J connectivity index is 1.69. The van der Waals surface area contributed by atoms with Gasteiger partial charge in [-0.3, -0.25) is 0 Å². The third-order valence-electron chi connectivity index (χ3n) is 4.06. The zero-order valence-electron chi connectivity index (χ0n) is 14.5. The molecule has 25 heavy (non-hydrogen) atoms. The van der Waals surface area contributed by atoms with Crippen LogP contribution in [0.25, 0.3) is 11.0 Å². The van der Waals surface area contributed by atoms with Gasteiger partial charge in [0.1, 0.15) is 17.1 Å². The van der Waals surface area contributed by atoms with E-state index in [-0.39, 0.29) is 5.75 Å². The Morgan fingerprint density at radius 2 is 1.84 bits per heavy atom. The summed E-state index contributed by atoms with van der Waals surface area (Å²) in [5.74, 6) is 1.91. The Morgan fingerprint density at radius 1 is 1.08 bits per heavy atom. The summed E-state index contributed by atoms with van der Waals surface area (Å²) in [5, 5.41) is 17.0. The van der Waals surface area contributed by atoms with Crippen molar-refractivity contribution in [3.8, 4) is 5.75 Å². The van der Waals surface area contributed by atoms with E-state index in [1.807, 2.05) is 37.3 Å². The molecule has 0 aliphatic heterocycles. The molecule has 0 saturated carbocycles. The van der Waals surface area contributed by atoms with E-state index in [1.165, 1.54) is 0 Å². The van der Waals surface area contributed by atoms with Crippen LogP contribution >= 0.6 is 0 Å². The van der Waals surface area contributed by atoms with Crippen LogP contribution in [0.4, 0.5) is 0 Å². The van der Waals surface area contributed by atoms with Gasteiger partial charge < -0.3 is 20.2 Å². The number of aryl methyl sites for hydroxylation is 1. The molecule has 0 fully saturated rings. The molecule has 0 aliphatic carbocycles. The first kappa shape index (κ1) is 16.9. The number of benzene rings is 2. The van der Waals surface area contributed by atoms with Crippen LogP contribution in [0, 0.1) is 6.92 Å².